The maximum absolute atomic E-state index is 9.25. The van der Waals surface area contributed by atoms with Gasteiger partial charge in [-0.25, -0.2) is 4.89 Å². The zero-order valence-corrected chi connectivity index (χ0v) is 9.92. The molecule has 0 bridgehead atoms. The first-order valence-electron chi connectivity index (χ1n) is 4.21. The quantitative estimate of drug-likeness (QED) is 0.231. The van der Waals surface area contributed by atoms with Crippen molar-refractivity contribution in [2.45, 2.75) is 20.3 Å². The summed E-state index contributed by atoms with van der Waals surface area (Å²) in [6.45, 7) is 1.24. The van der Waals surface area contributed by atoms with Crippen LogP contribution in [-0.4, -0.2) is 18.1 Å². The van der Waals surface area contributed by atoms with E-state index < -0.39 is 6.72 Å². The van der Waals surface area contributed by atoms with Crippen molar-refractivity contribution in [2.24, 2.45) is 0 Å². The molecule has 0 aromatic carbocycles. The van der Waals surface area contributed by atoms with Crippen LogP contribution in [0.25, 0.3) is 0 Å². The molecule has 0 amide bonds. The third kappa shape index (κ3) is 8.47. The molecule has 0 aromatic heterocycles. The standard InChI is InChI=1S/C7H15O5PS/c1-3-5-9-6-7-11-13(8,14)12-10-4-2/h6-7H,3-5H2,1-2H3,(H,8,14). The van der Waals surface area contributed by atoms with Crippen LogP contribution in [-0.2, 0) is 30.6 Å². The van der Waals surface area contributed by atoms with Gasteiger partial charge < -0.3 is 14.2 Å². The van der Waals surface area contributed by atoms with Gasteiger partial charge in [0.15, 0.2) is 0 Å². The third-order valence-corrected chi connectivity index (χ3v) is 2.06. The Hall–Kier alpha value is -0.130. The van der Waals surface area contributed by atoms with Crippen LogP contribution in [0.4, 0.5) is 0 Å². The molecular weight excluding hydrogens is 227 g/mol. The predicted molar refractivity (Wildman–Crippen MR) is 55.7 cm³/mol. The van der Waals surface area contributed by atoms with Crippen LogP contribution in [0, 0.1) is 0 Å². The second kappa shape index (κ2) is 8.20. The molecule has 0 aliphatic rings. The van der Waals surface area contributed by atoms with Crippen molar-refractivity contribution in [3.05, 3.63) is 12.5 Å². The Morgan fingerprint density at radius 3 is 2.64 bits per heavy atom. The lowest BCUT2D eigenvalue weighted by Gasteiger charge is -2.11. The molecule has 0 spiro atoms. The topological polar surface area (TPSA) is 57.2 Å². The molecule has 0 radical (unpaired) electrons. The average Bonchev–Trinajstić information content (AvgIpc) is 2.15. The van der Waals surface area contributed by atoms with E-state index in [2.05, 4.69) is 21.4 Å². The Labute approximate surface area is 88.8 Å². The summed E-state index contributed by atoms with van der Waals surface area (Å²) in [6.07, 6.45) is 3.35. The SMILES string of the molecule is CCCOC=COP(O)(=S)OOCC. The van der Waals surface area contributed by atoms with Crippen molar-refractivity contribution in [1.82, 2.24) is 0 Å². The minimum atomic E-state index is -3.31. The number of hydrogen-bond donors (Lipinski definition) is 1. The van der Waals surface area contributed by atoms with Crippen LogP contribution in [0.3, 0.4) is 0 Å². The van der Waals surface area contributed by atoms with E-state index in [4.69, 9.17) is 9.26 Å². The van der Waals surface area contributed by atoms with Gasteiger partial charge in [0.2, 0.25) is 0 Å². The van der Waals surface area contributed by atoms with Gasteiger partial charge in [-0.1, -0.05) is 6.92 Å². The maximum atomic E-state index is 9.25. The van der Waals surface area contributed by atoms with E-state index in [1.807, 2.05) is 6.92 Å². The molecule has 1 unspecified atom stereocenters. The van der Waals surface area contributed by atoms with Crippen LogP contribution in [0.5, 0.6) is 0 Å². The largest absolute Gasteiger partial charge is 0.498 e. The summed E-state index contributed by atoms with van der Waals surface area (Å²) in [5.41, 5.74) is 0. The van der Waals surface area contributed by atoms with Gasteiger partial charge in [-0.2, -0.15) is 0 Å². The lowest BCUT2D eigenvalue weighted by atomic mass is 10.5. The first-order valence-corrected chi connectivity index (χ1v) is 6.80. The lowest BCUT2D eigenvalue weighted by molar-refractivity contribution is -0.210. The summed E-state index contributed by atoms with van der Waals surface area (Å²) in [4.78, 5) is 13.7. The maximum Gasteiger partial charge on any atom is 0.405 e. The van der Waals surface area contributed by atoms with E-state index in [0.717, 1.165) is 12.7 Å². The molecule has 0 saturated heterocycles. The summed E-state index contributed by atoms with van der Waals surface area (Å²) in [6, 6.07) is 0. The lowest BCUT2D eigenvalue weighted by Crippen LogP contribution is -1.92. The van der Waals surface area contributed by atoms with Crippen molar-refractivity contribution >= 4 is 18.5 Å². The van der Waals surface area contributed by atoms with Crippen molar-refractivity contribution in [1.29, 1.82) is 0 Å². The Balaban J connectivity index is 3.63. The zero-order chi connectivity index (χ0) is 10.9. The fourth-order valence-electron chi connectivity index (χ4n) is 0.464. The smallest absolute Gasteiger partial charge is 0.405 e. The monoisotopic (exact) mass is 242 g/mol. The normalized spacial score (nSPS) is 15.4. The van der Waals surface area contributed by atoms with Crippen LogP contribution in [0.1, 0.15) is 20.3 Å². The molecule has 5 nitrogen and oxygen atoms in total. The van der Waals surface area contributed by atoms with Gasteiger partial charge in [-0.05, 0) is 13.3 Å². The fraction of sp³-hybridized carbons (Fsp3) is 0.714. The Bertz CT molecular complexity index is 208. The van der Waals surface area contributed by atoms with Crippen LogP contribution >= 0.6 is 6.72 Å². The number of rotatable bonds is 8. The molecule has 1 N–H and O–H groups in total. The van der Waals surface area contributed by atoms with Gasteiger partial charge in [0.05, 0.1) is 13.2 Å². The highest BCUT2D eigenvalue weighted by Gasteiger charge is 2.14. The van der Waals surface area contributed by atoms with E-state index in [1.54, 1.807) is 6.92 Å². The molecule has 84 valence electrons. The minimum absolute atomic E-state index is 0.290. The second-order valence-electron chi connectivity index (χ2n) is 2.20. The van der Waals surface area contributed by atoms with E-state index in [0.29, 0.717) is 13.2 Å². The molecule has 0 rings (SSSR count). The molecule has 0 heterocycles. The fourth-order valence-corrected chi connectivity index (χ4v) is 1.22. The molecule has 0 fully saturated rings. The van der Waals surface area contributed by atoms with E-state index in [-0.39, 0.29) is 0 Å². The number of hydrogen-bond acceptors (Lipinski definition) is 5. The molecule has 7 heteroatoms. The highest BCUT2D eigenvalue weighted by Crippen LogP contribution is 2.44. The van der Waals surface area contributed by atoms with E-state index in [1.165, 1.54) is 6.26 Å². The molecule has 14 heavy (non-hydrogen) atoms. The minimum Gasteiger partial charge on any atom is -0.498 e. The molecule has 0 aliphatic heterocycles. The van der Waals surface area contributed by atoms with Gasteiger partial charge in [-0.15, -0.1) is 4.67 Å². The van der Waals surface area contributed by atoms with Gasteiger partial charge in [0.1, 0.15) is 12.5 Å². The molecule has 0 saturated carbocycles. The summed E-state index contributed by atoms with van der Waals surface area (Å²) in [5.74, 6) is 0. The molecular formula is C7H15O5PS. The van der Waals surface area contributed by atoms with Gasteiger partial charge in [-0.3, -0.25) is 0 Å². The Kier molecular flexibility index (Phi) is 8.12. The van der Waals surface area contributed by atoms with E-state index >= 15 is 0 Å². The average molecular weight is 242 g/mol. The zero-order valence-electron chi connectivity index (χ0n) is 8.21. The molecule has 0 aromatic rings. The van der Waals surface area contributed by atoms with Crippen molar-refractivity contribution in [3.63, 3.8) is 0 Å². The Morgan fingerprint density at radius 1 is 1.36 bits per heavy atom. The van der Waals surface area contributed by atoms with Crippen LogP contribution in [0.15, 0.2) is 12.5 Å². The third-order valence-electron chi connectivity index (χ3n) is 0.933. The van der Waals surface area contributed by atoms with Gasteiger partial charge >= 0.3 is 6.72 Å². The van der Waals surface area contributed by atoms with Crippen molar-refractivity contribution in [3.8, 4) is 0 Å². The summed E-state index contributed by atoms with van der Waals surface area (Å²) in [7, 11) is 0. The first kappa shape index (κ1) is 13.9. The number of ether oxygens (including phenoxy) is 1. The van der Waals surface area contributed by atoms with Gasteiger partial charge in [0.25, 0.3) is 0 Å². The molecule has 0 aliphatic carbocycles. The summed E-state index contributed by atoms with van der Waals surface area (Å²) in [5, 5.41) is 0. The van der Waals surface area contributed by atoms with Crippen LogP contribution in [0.2, 0.25) is 0 Å². The first-order chi connectivity index (χ1) is 6.62. The van der Waals surface area contributed by atoms with Crippen molar-refractivity contribution in [2.75, 3.05) is 13.2 Å². The predicted octanol–water partition coefficient (Wildman–Crippen LogP) is 2.09. The van der Waals surface area contributed by atoms with Gasteiger partial charge in [0, 0.05) is 11.8 Å². The highest BCUT2D eigenvalue weighted by molar-refractivity contribution is 8.07. The second-order valence-corrected chi connectivity index (χ2v) is 4.88. The van der Waals surface area contributed by atoms with E-state index in [9.17, 15) is 4.89 Å². The Morgan fingerprint density at radius 2 is 2.07 bits per heavy atom. The molecule has 1 atom stereocenters. The summed E-state index contributed by atoms with van der Waals surface area (Å²) < 4.78 is 14.1. The highest BCUT2D eigenvalue weighted by atomic mass is 32.5. The van der Waals surface area contributed by atoms with Crippen LogP contribution < -0.4 is 0 Å². The van der Waals surface area contributed by atoms with Crippen molar-refractivity contribution < 1.29 is 23.7 Å². The summed E-state index contributed by atoms with van der Waals surface area (Å²) >= 11 is 4.58.